The van der Waals surface area contributed by atoms with Crippen LogP contribution in [0.15, 0.2) is 106 Å². The SMILES string of the molecule is O=c1c(Oc2ccc(-c3ccccc3)cc2)c(C(F)(F)F)oc2cc(OCc3ccc([N+](=O)[O-])cc3)ccc12. The van der Waals surface area contributed by atoms with Crippen molar-refractivity contribution in [2.24, 2.45) is 0 Å². The van der Waals surface area contributed by atoms with E-state index in [9.17, 15) is 28.1 Å². The number of fused-ring (bicyclic) bond motifs is 1. The first-order valence-electron chi connectivity index (χ1n) is 11.6. The summed E-state index contributed by atoms with van der Waals surface area (Å²) in [6.07, 6.45) is -5.01. The predicted octanol–water partition coefficient (Wildman–Crippen LogP) is 7.76. The first-order valence-corrected chi connectivity index (χ1v) is 11.6. The summed E-state index contributed by atoms with van der Waals surface area (Å²) in [5.74, 6) is -2.36. The van der Waals surface area contributed by atoms with Crippen molar-refractivity contribution in [3.05, 3.63) is 129 Å². The number of nitro groups is 1. The summed E-state index contributed by atoms with van der Waals surface area (Å²) in [7, 11) is 0. The van der Waals surface area contributed by atoms with Crippen molar-refractivity contribution in [2.75, 3.05) is 0 Å². The molecule has 196 valence electrons. The topological polar surface area (TPSA) is 91.8 Å². The van der Waals surface area contributed by atoms with Gasteiger partial charge in [0.25, 0.3) is 11.4 Å². The van der Waals surface area contributed by atoms with Crippen LogP contribution < -0.4 is 14.9 Å². The average Bonchev–Trinajstić information content (AvgIpc) is 2.93. The van der Waals surface area contributed by atoms with E-state index in [1.165, 1.54) is 54.6 Å². The Hall–Kier alpha value is -5.12. The van der Waals surface area contributed by atoms with E-state index in [4.69, 9.17) is 13.9 Å². The fraction of sp³-hybridized carbons (Fsp3) is 0.0690. The van der Waals surface area contributed by atoms with Gasteiger partial charge in [0.1, 0.15) is 23.7 Å². The van der Waals surface area contributed by atoms with Crippen LogP contribution in [0.3, 0.4) is 0 Å². The number of nitro benzene ring substituents is 1. The first kappa shape index (κ1) is 25.5. The normalized spacial score (nSPS) is 11.4. The minimum absolute atomic E-state index is 0.0139. The Balaban J connectivity index is 1.43. The van der Waals surface area contributed by atoms with Gasteiger partial charge in [-0.05, 0) is 53.1 Å². The van der Waals surface area contributed by atoms with Gasteiger partial charge in [-0.3, -0.25) is 14.9 Å². The highest BCUT2D eigenvalue weighted by Gasteiger charge is 2.40. The van der Waals surface area contributed by atoms with Gasteiger partial charge in [-0.15, -0.1) is 0 Å². The van der Waals surface area contributed by atoms with Crippen LogP contribution in [0, 0.1) is 10.1 Å². The molecule has 10 heteroatoms. The molecule has 5 aromatic rings. The Kier molecular flexibility index (Phi) is 6.76. The molecule has 0 aliphatic carbocycles. The largest absolute Gasteiger partial charge is 0.489 e. The molecule has 0 saturated heterocycles. The van der Waals surface area contributed by atoms with E-state index in [2.05, 4.69) is 0 Å². The minimum atomic E-state index is -5.01. The molecule has 0 saturated carbocycles. The second kappa shape index (κ2) is 10.3. The van der Waals surface area contributed by atoms with Crippen LogP contribution in [-0.2, 0) is 12.8 Å². The van der Waals surface area contributed by atoms with Crippen LogP contribution in [0.4, 0.5) is 18.9 Å². The number of rotatable bonds is 7. The summed E-state index contributed by atoms with van der Waals surface area (Å²) in [5.41, 5.74) is 0.928. The second-order valence-corrected chi connectivity index (χ2v) is 8.45. The van der Waals surface area contributed by atoms with Gasteiger partial charge in [-0.25, -0.2) is 0 Å². The quantitative estimate of drug-likeness (QED) is 0.157. The lowest BCUT2D eigenvalue weighted by molar-refractivity contribution is -0.384. The molecule has 0 amide bonds. The number of alkyl halides is 3. The monoisotopic (exact) mass is 533 g/mol. The molecule has 0 atom stereocenters. The fourth-order valence-electron chi connectivity index (χ4n) is 3.87. The number of halogens is 3. The summed E-state index contributed by atoms with van der Waals surface area (Å²) in [4.78, 5) is 23.3. The lowest BCUT2D eigenvalue weighted by atomic mass is 10.1. The molecule has 1 heterocycles. The van der Waals surface area contributed by atoms with Crippen LogP contribution in [0.2, 0.25) is 0 Å². The highest BCUT2D eigenvalue weighted by Crippen LogP contribution is 2.39. The molecule has 0 spiro atoms. The minimum Gasteiger partial charge on any atom is -0.489 e. The summed E-state index contributed by atoms with van der Waals surface area (Å²) >= 11 is 0. The molecule has 0 N–H and O–H groups in total. The number of hydrogen-bond acceptors (Lipinski definition) is 6. The van der Waals surface area contributed by atoms with E-state index in [-0.39, 0.29) is 34.8 Å². The maximum Gasteiger partial charge on any atom is 0.453 e. The zero-order chi connectivity index (χ0) is 27.6. The average molecular weight is 533 g/mol. The van der Waals surface area contributed by atoms with Crippen molar-refractivity contribution in [1.29, 1.82) is 0 Å². The maximum atomic E-state index is 13.9. The van der Waals surface area contributed by atoms with E-state index in [1.54, 1.807) is 12.1 Å². The van der Waals surface area contributed by atoms with Crippen LogP contribution in [0.5, 0.6) is 17.2 Å². The van der Waals surface area contributed by atoms with Crippen molar-refractivity contribution < 1.29 is 32.0 Å². The van der Waals surface area contributed by atoms with E-state index in [0.717, 1.165) is 11.1 Å². The van der Waals surface area contributed by atoms with E-state index < -0.39 is 28.0 Å². The summed E-state index contributed by atoms with van der Waals surface area (Å²) in [6, 6.07) is 25.2. The molecule has 5 rings (SSSR count). The molecule has 0 fully saturated rings. The number of non-ortho nitro benzene ring substituents is 1. The number of nitrogens with zero attached hydrogens (tertiary/aromatic N) is 1. The van der Waals surface area contributed by atoms with E-state index in [0.29, 0.717) is 5.56 Å². The number of hydrogen-bond donors (Lipinski definition) is 0. The third-order valence-electron chi connectivity index (χ3n) is 5.81. The number of benzene rings is 4. The molecular formula is C29H18F3NO6. The first-order chi connectivity index (χ1) is 18.7. The lowest BCUT2D eigenvalue weighted by Gasteiger charge is -2.14. The molecule has 0 bridgehead atoms. The van der Waals surface area contributed by atoms with Crippen molar-refractivity contribution in [2.45, 2.75) is 12.8 Å². The van der Waals surface area contributed by atoms with Gasteiger partial charge in [0.15, 0.2) is 0 Å². The molecule has 0 radical (unpaired) electrons. The summed E-state index contributed by atoms with van der Waals surface area (Å²) < 4.78 is 57.9. The van der Waals surface area contributed by atoms with Gasteiger partial charge in [-0.2, -0.15) is 13.2 Å². The second-order valence-electron chi connectivity index (χ2n) is 8.45. The molecular weight excluding hydrogens is 515 g/mol. The highest BCUT2D eigenvalue weighted by atomic mass is 19.4. The smallest absolute Gasteiger partial charge is 0.453 e. The number of ether oxygens (including phenoxy) is 2. The molecule has 0 aliphatic rings. The Morgan fingerprint density at radius 3 is 2.10 bits per heavy atom. The Morgan fingerprint density at radius 1 is 0.821 bits per heavy atom. The zero-order valence-corrected chi connectivity index (χ0v) is 20.0. The molecule has 4 aromatic carbocycles. The predicted molar refractivity (Wildman–Crippen MR) is 137 cm³/mol. The fourth-order valence-corrected chi connectivity index (χ4v) is 3.87. The molecule has 0 aliphatic heterocycles. The summed E-state index contributed by atoms with van der Waals surface area (Å²) in [5, 5.41) is 10.7. The third kappa shape index (κ3) is 5.59. The van der Waals surface area contributed by atoms with Gasteiger partial charge in [0.2, 0.25) is 11.2 Å². The van der Waals surface area contributed by atoms with Gasteiger partial charge < -0.3 is 13.9 Å². The Bertz CT molecular complexity index is 1700. The van der Waals surface area contributed by atoms with Crippen molar-refractivity contribution in [3.63, 3.8) is 0 Å². The van der Waals surface area contributed by atoms with Gasteiger partial charge in [0, 0.05) is 18.2 Å². The molecule has 1 aromatic heterocycles. The van der Waals surface area contributed by atoms with Crippen molar-refractivity contribution in [1.82, 2.24) is 0 Å². The van der Waals surface area contributed by atoms with Crippen LogP contribution in [0.1, 0.15) is 11.3 Å². The summed E-state index contributed by atoms with van der Waals surface area (Å²) in [6.45, 7) is -0.0139. The van der Waals surface area contributed by atoms with Gasteiger partial charge >= 0.3 is 6.18 Å². The Labute approximate surface area is 218 Å². The Morgan fingerprint density at radius 2 is 1.46 bits per heavy atom. The highest BCUT2D eigenvalue weighted by molar-refractivity contribution is 5.80. The molecule has 0 unspecified atom stereocenters. The van der Waals surface area contributed by atoms with Crippen LogP contribution in [0.25, 0.3) is 22.1 Å². The van der Waals surface area contributed by atoms with Crippen LogP contribution in [-0.4, -0.2) is 4.92 Å². The van der Waals surface area contributed by atoms with E-state index >= 15 is 0 Å². The standard InChI is InChI=1S/C29H18F3NO6/c30-29(31,32)28-27(38-22-12-8-20(9-13-22)19-4-2-1-3-5-19)26(34)24-15-14-23(16-25(24)39-28)37-17-18-6-10-21(11-7-18)33(35)36/h1-16H,17H2. The third-order valence-corrected chi connectivity index (χ3v) is 5.81. The zero-order valence-electron chi connectivity index (χ0n) is 20.0. The van der Waals surface area contributed by atoms with Crippen LogP contribution >= 0.6 is 0 Å². The maximum absolute atomic E-state index is 13.9. The lowest BCUT2D eigenvalue weighted by Crippen LogP contribution is -2.15. The van der Waals surface area contributed by atoms with Crippen molar-refractivity contribution >= 4 is 16.7 Å². The van der Waals surface area contributed by atoms with Gasteiger partial charge in [0.05, 0.1) is 10.3 Å². The molecule has 39 heavy (non-hydrogen) atoms. The molecule has 7 nitrogen and oxygen atoms in total. The van der Waals surface area contributed by atoms with Crippen molar-refractivity contribution in [3.8, 4) is 28.4 Å². The van der Waals surface area contributed by atoms with E-state index in [1.807, 2.05) is 30.3 Å². The van der Waals surface area contributed by atoms with Gasteiger partial charge in [-0.1, -0.05) is 42.5 Å².